The predicted molar refractivity (Wildman–Crippen MR) is 131 cm³/mol. The number of aliphatic imine (C=N–C) groups is 1. The first-order valence-electron chi connectivity index (χ1n) is 9.64. The number of nitrogens with zero attached hydrogens (tertiary/aromatic N) is 2. The molecule has 1 heterocycles. The van der Waals surface area contributed by atoms with Gasteiger partial charge in [0.25, 0.3) is 0 Å². The lowest BCUT2D eigenvalue weighted by Crippen LogP contribution is -2.30. The topological polar surface area (TPSA) is 48.8 Å². The molecule has 1 aliphatic rings. The number of hydrazone groups is 1. The van der Waals surface area contributed by atoms with Gasteiger partial charge in [0.05, 0.1) is 12.3 Å². The summed E-state index contributed by atoms with van der Waals surface area (Å²) in [6.07, 6.45) is 8.29. The van der Waals surface area contributed by atoms with E-state index in [1.165, 1.54) is 33.4 Å². The van der Waals surface area contributed by atoms with Crippen LogP contribution in [0.15, 0.2) is 58.6 Å². The first kappa shape index (κ1) is 22.6. The van der Waals surface area contributed by atoms with Gasteiger partial charge in [0, 0.05) is 6.54 Å². The number of nitrogens with one attached hydrogen (secondary N) is 2. The quantitative estimate of drug-likeness (QED) is 0.487. The minimum Gasteiger partial charge on any atom is -0.353 e. The van der Waals surface area contributed by atoms with Crippen molar-refractivity contribution in [3.05, 3.63) is 81.9 Å². The molecular weight excluding hydrogens is 424 g/mol. The summed E-state index contributed by atoms with van der Waals surface area (Å²) in [5.74, 6) is 0.720. The molecule has 0 aliphatic carbocycles. The van der Waals surface area contributed by atoms with Gasteiger partial charge in [0.15, 0.2) is 0 Å². The minimum atomic E-state index is 0. The van der Waals surface area contributed by atoms with Gasteiger partial charge in [-0.05, 0) is 62.1 Å². The fourth-order valence-electron chi connectivity index (χ4n) is 2.95. The standard InChI is InChI=1S/C24H28N4.BrH/c1-17-5-7-19(3)21(15-17)9-11-23(27-28-24-25-13-14-26-24)12-10-22-16-18(2)6-8-20(22)4;/h5-12,15-16H,13-14H2,1-4H3,(H2,25,26,28);1H/b11-9+,12-10+;. The second kappa shape index (κ2) is 10.8. The van der Waals surface area contributed by atoms with Crippen LogP contribution in [-0.2, 0) is 0 Å². The van der Waals surface area contributed by atoms with Crippen molar-refractivity contribution < 1.29 is 0 Å². The number of hydrogen-bond acceptors (Lipinski definition) is 4. The summed E-state index contributed by atoms with van der Waals surface area (Å²) in [7, 11) is 0. The van der Waals surface area contributed by atoms with Crippen LogP contribution in [0.2, 0.25) is 0 Å². The van der Waals surface area contributed by atoms with Crippen LogP contribution in [0, 0.1) is 27.7 Å². The van der Waals surface area contributed by atoms with Gasteiger partial charge in [-0.25, -0.2) is 10.4 Å². The maximum atomic E-state index is 4.54. The Kier molecular flexibility index (Phi) is 8.40. The molecule has 4 nitrogen and oxygen atoms in total. The number of halogens is 1. The van der Waals surface area contributed by atoms with E-state index in [-0.39, 0.29) is 17.0 Å². The average molecular weight is 453 g/mol. The third-order valence-corrected chi connectivity index (χ3v) is 4.70. The lowest BCUT2D eigenvalue weighted by atomic mass is 10.0. The summed E-state index contributed by atoms with van der Waals surface area (Å²) in [5, 5.41) is 7.72. The van der Waals surface area contributed by atoms with Gasteiger partial charge in [-0.3, -0.25) is 0 Å². The van der Waals surface area contributed by atoms with Gasteiger partial charge in [0.2, 0.25) is 5.96 Å². The molecule has 0 amide bonds. The highest BCUT2D eigenvalue weighted by Gasteiger charge is 2.03. The van der Waals surface area contributed by atoms with Crippen molar-refractivity contribution in [2.45, 2.75) is 27.7 Å². The van der Waals surface area contributed by atoms with Gasteiger partial charge >= 0.3 is 0 Å². The van der Waals surface area contributed by atoms with Crippen LogP contribution in [0.5, 0.6) is 0 Å². The summed E-state index contributed by atoms with van der Waals surface area (Å²) >= 11 is 0. The van der Waals surface area contributed by atoms with Crippen molar-refractivity contribution in [2.75, 3.05) is 13.1 Å². The van der Waals surface area contributed by atoms with Crippen LogP contribution in [0.25, 0.3) is 12.2 Å². The van der Waals surface area contributed by atoms with Crippen LogP contribution in [0.4, 0.5) is 0 Å². The van der Waals surface area contributed by atoms with Crippen molar-refractivity contribution in [3.63, 3.8) is 0 Å². The van der Waals surface area contributed by atoms with E-state index in [0.717, 1.165) is 24.8 Å². The number of allylic oxidation sites excluding steroid dienone is 2. The smallest absolute Gasteiger partial charge is 0.212 e. The minimum absolute atomic E-state index is 0. The lowest BCUT2D eigenvalue weighted by Gasteiger charge is -2.04. The van der Waals surface area contributed by atoms with Crippen molar-refractivity contribution in [3.8, 4) is 0 Å². The van der Waals surface area contributed by atoms with E-state index in [1.54, 1.807) is 0 Å². The highest BCUT2D eigenvalue weighted by Crippen LogP contribution is 2.14. The molecule has 29 heavy (non-hydrogen) atoms. The van der Waals surface area contributed by atoms with Gasteiger partial charge in [0.1, 0.15) is 0 Å². The fraction of sp³-hybridized carbons (Fsp3) is 0.250. The molecule has 0 saturated carbocycles. The largest absolute Gasteiger partial charge is 0.353 e. The second-order valence-electron chi connectivity index (χ2n) is 7.19. The summed E-state index contributed by atoms with van der Waals surface area (Å²) in [5.41, 5.74) is 11.2. The summed E-state index contributed by atoms with van der Waals surface area (Å²) in [6, 6.07) is 12.9. The molecule has 0 spiro atoms. The van der Waals surface area contributed by atoms with E-state index in [2.05, 4.69) is 97.1 Å². The zero-order valence-electron chi connectivity index (χ0n) is 17.5. The van der Waals surface area contributed by atoms with E-state index in [9.17, 15) is 0 Å². The van der Waals surface area contributed by atoms with Gasteiger partial charge in [-0.1, -0.05) is 59.7 Å². The summed E-state index contributed by atoms with van der Waals surface area (Å²) in [6.45, 7) is 10.1. The molecule has 2 aromatic rings. The Hall–Kier alpha value is -2.66. The van der Waals surface area contributed by atoms with E-state index >= 15 is 0 Å². The van der Waals surface area contributed by atoms with Crippen LogP contribution in [0.1, 0.15) is 33.4 Å². The van der Waals surface area contributed by atoms with E-state index < -0.39 is 0 Å². The third kappa shape index (κ3) is 6.71. The summed E-state index contributed by atoms with van der Waals surface area (Å²) in [4.78, 5) is 4.33. The van der Waals surface area contributed by atoms with Crippen molar-refractivity contribution >= 4 is 40.8 Å². The molecule has 2 N–H and O–H groups in total. The predicted octanol–water partition coefficient (Wildman–Crippen LogP) is 5.13. The molecule has 1 aliphatic heterocycles. The highest BCUT2D eigenvalue weighted by atomic mass is 79.9. The molecule has 0 aromatic heterocycles. The van der Waals surface area contributed by atoms with E-state index in [4.69, 9.17) is 0 Å². The molecule has 152 valence electrons. The first-order chi connectivity index (χ1) is 13.5. The molecule has 0 atom stereocenters. The molecule has 3 rings (SSSR count). The van der Waals surface area contributed by atoms with Gasteiger partial charge < -0.3 is 5.32 Å². The Bertz CT molecular complexity index is 907. The average Bonchev–Trinajstić information content (AvgIpc) is 3.19. The fourth-order valence-corrected chi connectivity index (χ4v) is 2.95. The van der Waals surface area contributed by atoms with Crippen LogP contribution < -0.4 is 10.7 Å². The SMILES string of the molecule is Br.Cc1ccc(C)c(/C=C/C(/C=C/c2cc(C)ccc2C)=NNC2=NCCN2)c1. The van der Waals surface area contributed by atoms with Crippen molar-refractivity contribution in [1.82, 2.24) is 10.7 Å². The lowest BCUT2D eigenvalue weighted by molar-refractivity contribution is 0.918. The van der Waals surface area contributed by atoms with Gasteiger partial charge in [-0.2, -0.15) is 5.10 Å². The maximum absolute atomic E-state index is 4.54. The van der Waals surface area contributed by atoms with Crippen LogP contribution in [0.3, 0.4) is 0 Å². The molecule has 2 aromatic carbocycles. The number of hydrogen-bond donors (Lipinski definition) is 2. The normalized spacial score (nSPS) is 13.2. The number of aryl methyl sites for hydroxylation is 4. The monoisotopic (exact) mass is 452 g/mol. The number of benzene rings is 2. The van der Waals surface area contributed by atoms with E-state index in [0.29, 0.717) is 0 Å². The molecule has 0 saturated heterocycles. The number of rotatable bonds is 5. The van der Waals surface area contributed by atoms with E-state index in [1.807, 2.05) is 12.2 Å². The van der Waals surface area contributed by atoms with Crippen LogP contribution >= 0.6 is 17.0 Å². The van der Waals surface area contributed by atoms with Crippen molar-refractivity contribution in [1.29, 1.82) is 0 Å². The molecule has 0 bridgehead atoms. The Labute approximate surface area is 184 Å². The molecule has 0 unspecified atom stereocenters. The first-order valence-corrected chi connectivity index (χ1v) is 9.64. The number of guanidine groups is 1. The zero-order chi connectivity index (χ0) is 19.9. The summed E-state index contributed by atoms with van der Waals surface area (Å²) < 4.78 is 0. The van der Waals surface area contributed by atoms with Gasteiger partial charge in [-0.15, -0.1) is 17.0 Å². The Balaban J connectivity index is 0.00000300. The maximum Gasteiger partial charge on any atom is 0.212 e. The van der Waals surface area contributed by atoms with Crippen LogP contribution in [-0.4, -0.2) is 24.8 Å². The highest BCUT2D eigenvalue weighted by molar-refractivity contribution is 8.93. The molecular formula is C24H29BrN4. The molecule has 5 heteroatoms. The Morgan fingerprint density at radius 3 is 1.97 bits per heavy atom. The Morgan fingerprint density at radius 1 is 0.931 bits per heavy atom. The third-order valence-electron chi connectivity index (χ3n) is 4.70. The van der Waals surface area contributed by atoms with Crippen molar-refractivity contribution in [2.24, 2.45) is 10.1 Å². The second-order valence-corrected chi connectivity index (χ2v) is 7.19. The zero-order valence-corrected chi connectivity index (χ0v) is 19.2. The molecule has 0 fully saturated rings. The Morgan fingerprint density at radius 2 is 1.48 bits per heavy atom. The molecule has 0 radical (unpaired) electrons.